The Kier molecular flexibility index (Phi) is 4.12. The molecule has 2 aliphatic rings. The first kappa shape index (κ1) is 18.7. The monoisotopic (exact) mass is 389 g/mol. The number of nitrogens with zero attached hydrogens (tertiary/aromatic N) is 1. The van der Waals surface area contributed by atoms with Gasteiger partial charge in [0.1, 0.15) is 11.5 Å². The van der Waals surface area contributed by atoms with Gasteiger partial charge in [-0.05, 0) is 42.5 Å². The number of carboxylic acid groups (broad SMARTS) is 1. The van der Waals surface area contributed by atoms with Crippen LogP contribution in [0.2, 0.25) is 0 Å². The van der Waals surface area contributed by atoms with Crippen LogP contribution in [0.25, 0.3) is 0 Å². The zero-order chi connectivity index (χ0) is 20.3. The highest BCUT2D eigenvalue weighted by Crippen LogP contribution is 2.48. The number of aliphatic imine (C=N–C) groups is 1. The van der Waals surface area contributed by atoms with Gasteiger partial charge in [0.15, 0.2) is 0 Å². The Bertz CT molecular complexity index is 970. The molecule has 0 saturated heterocycles. The van der Waals surface area contributed by atoms with Crippen LogP contribution in [0.4, 0.5) is 18.9 Å². The first-order valence-electron chi connectivity index (χ1n) is 8.92. The lowest BCUT2D eigenvalue weighted by molar-refractivity contribution is -0.143. The van der Waals surface area contributed by atoms with E-state index >= 15 is 0 Å². The maximum atomic E-state index is 13.5. The lowest BCUT2D eigenvalue weighted by atomic mass is 9.72. The Labute approximate surface area is 159 Å². The van der Waals surface area contributed by atoms with E-state index in [9.17, 15) is 28.2 Å². The number of halogens is 3. The number of hydrogen-bond donors (Lipinski definition) is 2. The molecule has 7 heteroatoms. The fourth-order valence-electron chi connectivity index (χ4n) is 4.46. The van der Waals surface area contributed by atoms with Crippen molar-refractivity contribution in [1.29, 1.82) is 0 Å². The van der Waals surface area contributed by atoms with Crippen LogP contribution in [-0.4, -0.2) is 27.5 Å². The van der Waals surface area contributed by atoms with Crippen molar-refractivity contribution in [1.82, 2.24) is 0 Å². The molecule has 2 N–H and O–H groups in total. The highest BCUT2D eigenvalue weighted by Gasteiger charge is 2.51. The Morgan fingerprint density at radius 2 is 1.71 bits per heavy atom. The van der Waals surface area contributed by atoms with Gasteiger partial charge >= 0.3 is 12.1 Å². The van der Waals surface area contributed by atoms with Gasteiger partial charge in [0.05, 0.1) is 17.0 Å². The van der Waals surface area contributed by atoms with E-state index in [1.54, 1.807) is 0 Å². The lowest BCUT2D eigenvalue weighted by Crippen LogP contribution is -2.50. The molecule has 0 spiro atoms. The summed E-state index contributed by atoms with van der Waals surface area (Å²) in [4.78, 5) is 16.2. The fourth-order valence-corrected chi connectivity index (χ4v) is 4.46. The topological polar surface area (TPSA) is 69.9 Å². The molecular weight excluding hydrogens is 371 g/mol. The molecule has 2 aromatic carbocycles. The molecule has 146 valence electrons. The van der Waals surface area contributed by atoms with Gasteiger partial charge in [-0.1, -0.05) is 36.4 Å². The second-order valence-corrected chi connectivity index (χ2v) is 7.53. The molecule has 0 radical (unpaired) electrons. The molecule has 0 aromatic heterocycles. The zero-order valence-electron chi connectivity index (χ0n) is 15.0. The number of aliphatic carboxylic acids is 1. The second-order valence-electron chi connectivity index (χ2n) is 7.53. The van der Waals surface area contributed by atoms with Crippen molar-refractivity contribution in [3.63, 3.8) is 0 Å². The van der Waals surface area contributed by atoms with Gasteiger partial charge in [-0.2, -0.15) is 13.2 Å². The number of aliphatic hydroxyl groups is 1. The Morgan fingerprint density at radius 1 is 1.11 bits per heavy atom. The van der Waals surface area contributed by atoms with Crippen LogP contribution in [0.1, 0.15) is 35.1 Å². The Hall–Kier alpha value is -2.67. The van der Waals surface area contributed by atoms with Crippen LogP contribution in [0.3, 0.4) is 0 Å². The molecule has 0 saturated carbocycles. The van der Waals surface area contributed by atoms with Crippen LogP contribution in [-0.2, 0) is 23.8 Å². The van der Waals surface area contributed by atoms with Crippen molar-refractivity contribution >= 4 is 17.4 Å². The van der Waals surface area contributed by atoms with Crippen LogP contribution in [0.5, 0.6) is 0 Å². The van der Waals surface area contributed by atoms with Gasteiger partial charge in [-0.15, -0.1) is 0 Å². The van der Waals surface area contributed by atoms with Crippen molar-refractivity contribution in [3.8, 4) is 0 Å². The predicted molar refractivity (Wildman–Crippen MR) is 96.9 cm³/mol. The van der Waals surface area contributed by atoms with Gasteiger partial charge in [0.2, 0.25) is 0 Å². The van der Waals surface area contributed by atoms with E-state index in [1.807, 2.05) is 24.3 Å². The third-order valence-corrected chi connectivity index (χ3v) is 5.68. The highest BCUT2D eigenvalue weighted by molar-refractivity contribution is 6.04. The van der Waals surface area contributed by atoms with E-state index < -0.39 is 34.9 Å². The molecule has 0 fully saturated rings. The lowest BCUT2D eigenvalue weighted by Gasteiger charge is -2.38. The molecule has 28 heavy (non-hydrogen) atoms. The van der Waals surface area contributed by atoms with E-state index in [2.05, 4.69) is 4.99 Å². The minimum atomic E-state index is -4.68. The average Bonchev–Trinajstić information content (AvgIpc) is 3.02. The first-order chi connectivity index (χ1) is 13.1. The molecule has 0 amide bonds. The average molecular weight is 389 g/mol. The maximum Gasteiger partial charge on any atom is 0.418 e. The van der Waals surface area contributed by atoms with E-state index in [0.717, 1.165) is 23.3 Å². The maximum absolute atomic E-state index is 13.5. The number of fused-ring (bicyclic) bond motifs is 2. The molecule has 4 nitrogen and oxygen atoms in total. The van der Waals surface area contributed by atoms with Crippen LogP contribution in [0.15, 0.2) is 47.5 Å². The standard InChI is InChI=1S/C21H18F3NO3/c1-20(28)16(19(26)27)14-7-4-8-15(21(22,23)24)17(14)25-18(20)13-9-11-5-2-3-6-12(11)10-13/h2-8,13,16,28H,9-10H2,1H3,(H,26,27). The normalized spacial score (nSPS) is 24.5. The number of hydrogen-bond acceptors (Lipinski definition) is 3. The van der Waals surface area contributed by atoms with Crippen molar-refractivity contribution in [3.05, 3.63) is 64.7 Å². The Balaban J connectivity index is 1.90. The van der Waals surface area contributed by atoms with E-state index in [-0.39, 0.29) is 17.2 Å². The van der Waals surface area contributed by atoms with Gasteiger partial charge < -0.3 is 10.2 Å². The number of para-hydroxylation sites is 1. The van der Waals surface area contributed by atoms with Gasteiger partial charge in [-0.25, -0.2) is 0 Å². The molecular formula is C21H18F3NO3. The summed E-state index contributed by atoms with van der Waals surface area (Å²) in [5.74, 6) is -3.27. The summed E-state index contributed by atoms with van der Waals surface area (Å²) >= 11 is 0. The summed E-state index contributed by atoms with van der Waals surface area (Å²) in [6.07, 6.45) is -3.67. The second kappa shape index (κ2) is 6.17. The smallest absolute Gasteiger partial charge is 0.418 e. The van der Waals surface area contributed by atoms with E-state index in [4.69, 9.17) is 0 Å². The fraction of sp³-hybridized carbons (Fsp3) is 0.333. The number of carbonyl (C=O) groups is 1. The molecule has 2 aromatic rings. The molecule has 2 atom stereocenters. The largest absolute Gasteiger partial charge is 0.481 e. The predicted octanol–water partition coefficient (Wildman–Crippen LogP) is 4.13. The first-order valence-corrected chi connectivity index (χ1v) is 8.92. The minimum Gasteiger partial charge on any atom is -0.481 e. The van der Waals surface area contributed by atoms with Crippen LogP contribution >= 0.6 is 0 Å². The van der Waals surface area contributed by atoms with E-state index in [0.29, 0.717) is 12.8 Å². The highest BCUT2D eigenvalue weighted by atomic mass is 19.4. The number of rotatable bonds is 2. The number of benzene rings is 2. The summed E-state index contributed by atoms with van der Waals surface area (Å²) in [5.41, 5.74) is -1.23. The van der Waals surface area contributed by atoms with Crippen molar-refractivity contribution < 1.29 is 28.2 Å². The summed E-state index contributed by atoms with van der Waals surface area (Å²) in [5, 5.41) is 20.9. The van der Waals surface area contributed by atoms with Crippen molar-refractivity contribution in [2.75, 3.05) is 0 Å². The minimum absolute atomic E-state index is 0.0975. The van der Waals surface area contributed by atoms with Crippen molar-refractivity contribution in [2.45, 2.75) is 37.5 Å². The molecule has 2 unspecified atom stereocenters. The third kappa shape index (κ3) is 2.81. The van der Waals surface area contributed by atoms with Gasteiger partial charge in [-0.3, -0.25) is 9.79 Å². The molecule has 1 aliphatic carbocycles. The summed E-state index contributed by atoms with van der Waals surface area (Å²) in [7, 11) is 0. The summed E-state index contributed by atoms with van der Waals surface area (Å²) in [6, 6.07) is 10.9. The molecule has 1 heterocycles. The summed E-state index contributed by atoms with van der Waals surface area (Å²) < 4.78 is 40.6. The van der Waals surface area contributed by atoms with Gasteiger partial charge in [0, 0.05) is 5.92 Å². The van der Waals surface area contributed by atoms with Crippen LogP contribution < -0.4 is 0 Å². The molecule has 4 rings (SSSR count). The number of carboxylic acids is 1. The van der Waals surface area contributed by atoms with E-state index in [1.165, 1.54) is 13.0 Å². The SMILES string of the molecule is CC1(O)C(C2Cc3ccccc3C2)=Nc2c(cccc2C(F)(F)F)C1C(=O)O. The van der Waals surface area contributed by atoms with Crippen molar-refractivity contribution in [2.24, 2.45) is 10.9 Å². The zero-order valence-corrected chi connectivity index (χ0v) is 15.0. The summed E-state index contributed by atoms with van der Waals surface area (Å²) in [6.45, 7) is 1.33. The van der Waals surface area contributed by atoms with Gasteiger partial charge in [0.25, 0.3) is 0 Å². The van der Waals surface area contributed by atoms with Crippen LogP contribution in [0, 0.1) is 5.92 Å². The third-order valence-electron chi connectivity index (χ3n) is 5.68. The molecule has 1 aliphatic heterocycles. The molecule has 0 bridgehead atoms. The number of alkyl halides is 3. The quantitative estimate of drug-likeness (QED) is 0.812. The Morgan fingerprint density at radius 3 is 2.25 bits per heavy atom.